The summed E-state index contributed by atoms with van der Waals surface area (Å²) in [4.78, 5) is 17.1. The molecule has 1 aliphatic rings. The zero-order valence-electron chi connectivity index (χ0n) is 16.2. The van der Waals surface area contributed by atoms with Crippen LogP contribution in [0.4, 0.5) is 5.69 Å². The predicted molar refractivity (Wildman–Crippen MR) is 117 cm³/mol. The van der Waals surface area contributed by atoms with Gasteiger partial charge in [0.15, 0.2) is 0 Å². The van der Waals surface area contributed by atoms with E-state index in [4.69, 9.17) is 0 Å². The maximum absolute atomic E-state index is 12.4. The maximum Gasteiger partial charge on any atom is 0.224 e. The Morgan fingerprint density at radius 1 is 1.21 bits per heavy atom. The molecule has 152 valence electrons. The van der Waals surface area contributed by atoms with E-state index in [1.165, 1.54) is 15.3 Å². The Morgan fingerprint density at radius 3 is 2.83 bits per heavy atom. The summed E-state index contributed by atoms with van der Waals surface area (Å²) in [6.07, 6.45) is 3.78. The van der Waals surface area contributed by atoms with Crippen molar-refractivity contribution in [3.8, 4) is 0 Å². The third-order valence-electron chi connectivity index (χ3n) is 5.11. The minimum absolute atomic E-state index is 0.0231. The highest BCUT2D eigenvalue weighted by molar-refractivity contribution is 7.88. The molecule has 1 N–H and O–H groups in total. The molecule has 2 heterocycles. The Kier molecular flexibility index (Phi) is 5.67. The van der Waals surface area contributed by atoms with Crippen molar-refractivity contribution in [3.63, 3.8) is 0 Å². The van der Waals surface area contributed by atoms with Crippen molar-refractivity contribution in [1.29, 1.82) is 0 Å². The molecule has 3 aromatic rings. The minimum Gasteiger partial charge on any atom is -0.326 e. The number of hydrogen-bond acceptors (Lipinski definition) is 5. The molecule has 0 aliphatic carbocycles. The van der Waals surface area contributed by atoms with Crippen molar-refractivity contribution in [2.75, 3.05) is 18.1 Å². The second kappa shape index (κ2) is 8.22. The average Bonchev–Trinajstić information content (AvgIpc) is 3.10. The molecule has 0 spiro atoms. The number of nitrogens with one attached hydrogen (secondary N) is 1. The van der Waals surface area contributed by atoms with Crippen molar-refractivity contribution < 1.29 is 13.2 Å². The molecule has 0 bridgehead atoms. The molecule has 1 aliphatic heterocycles. The molecule has 2 aromatic carbocycles. The van der Waals surface area contributed by atoms with E-state index in [9.17, 15) is 13.2 Å². The van der Waals surface area contributed by atoms with Gasteiger partial charge in [0.05, 0.1) is 21.5 Å². The predicted octanol–water partition coefficient (Wildman–Crippen LogP) is 3.58. The van der Waals surface area contributed by atoms with Gasteiger partial charge in [-0.3, -0.25) is 4.79 Å². The Labute approximate surface area is 174 Å². The van der Waals surface area contributed by atoms with Gasteiger partial charge in [0.25, 0.3) is 0 Å². The number of rotatable bonds is 6. The van der Waals surface area contributed by atoms with Crippen molar-refractivity contribution >= 4 is 43.2 Å². The molecule has 0 saturated carbocycles. The number of anilines is 1. The molecule has 0 radical (unpaired) electrons. The summed E-state index contributed by atoms with van der Waals surface area (Å²) in [5, 5.41) is 4.07. The number of aromatic nitrogens is 1. The molecule has 0 unspecified atom stereocenters. The third kappa shape index (κ3) is 4.66. The number of aryl methyl sites for hydroxylation is 1. The van der Waals surface area contributed by atoms with E-state index in [-0.39, 0.29) is 5.91 Å². The van der Waals surface area contributed by atoms with Gasteiger partial charge in [-0.2, -0.15) is 4.31 Å². The number of thiazole rings is 1. The Bertz CT molecular complexity index is 1120. The minimum atomic E-state index is -3.21. The number of carbonyl (C=O) groups is 1. The molecular formula is C21H23N3O3S2. The van der Waals surface area contributed by atoms with Crippen molar-refractivity contribution in [3.05, 3.63) is 58.6 Å². The number of para-hydroxylation sites is 1. The lowest BCUT2D eigenvalue weighted by Gasteiger charge is -2.28. The molecule has 0 atom stereocenters. The van der Waals surface area contributed by atoms with Gasteiger partial charge < -0.3 is 5.32 Å². The fourth-order valence-electron chi connectivity index (χ4n) is 3.62. The highest BCUT2D eigenvalue weighted by Gasteiger charge is 2.24. The number of carbonyl (C=O) groups excluding carboxylic acids is 1. The van der Waals surface area contributed by atoms with Crippen LogP contribution in [0.1, 0.15) is 29.0 Å². The van der Waals surface area contributed by atoms with E-state index in [1.807, 2.05) is 36.4 Å². The zero-order valence-corrected chi connectivity index (χ0v) is 17.9. The van der Waals surface area contributed by atoms with E-state index in [0.717, 1.165) is 40.2 Å². The Hall–Kier alpha value is -2.29. The average molecular weight is 430 g/mol. The first-order valence-corrected chi connectivity index (χ1v) is 12.3. The number of sulfonamides is 1. The molecular weight excluding hydrogens is 406 g/mol. The van der Waals surface area contributed by atoms with Crippen LogP contribution in [0.2, 0.25) is 0 Å². The van der Waals surface area contributed by atoms with Crippen LogP contribution in [-0.2, 0) is 34.2 Å². The van der Waals surface area contributed by atoms with Crippen LogP contribution in [0.5, 0.6) is 0 Å². The molecule has 6 nitrogen and oxygen atoms in total. The maximum atomic E-state index is 12.4. The van der Waals surface area contributed by atoms with Crippen molar-refractivity contribution in [2.45, 2.75) is 32.2 Å². The summed E-state index contributed by atoms with van der Waals surface area (Å²) in [6, 6.07) is 13.7. The van der Waals surface area contributed by atoms with Crippen LogP contribution in [0.15, 0.2) is 42.5 Å². The monoisotopic (exact) mass is 429 g/mol. The van der Waals surface area contributed by atoms with Gasteiger partial charge >= 0.3 is 0 Å². The molecule has 0 saturated heterocycles. The smallest absolute Gasteiger partial charge is 0.224 e. The summed E-state index contributed by atoms with van der Waals surface area (Å²) < 4.78 is 26.2. The van der Waals surface area contributed by atoms with E-state index in [0.29, 0.717) is 25.9 Å². The number of benzene rings is 2. The van der Waals surface area contributed by atoms with Gasteiger partial charge in [0.1, 0.15) is 0 Å². The lowest BCUT2D eigenvalue weighted by Crippen LogP contribution is -2.35. The largest absolute Gasteiger partial charge is 0.326 e. The number of fused-ring (bicyclic) bond motifs is 2. The fourth-order valence-corrected chi connectivity index (χ4v) is 5.43. The van der Waals surface area contributed by atoms with Crippen molar-refractivity contribution in [2.24, 2.45) is 0 Å². The number of nitrogens with zero attached hydrogens (tertiary/aromatic N) is 2. The normalized spacial score (nSPS) is 14.7. The van der Waals surface area contributed by atoms with Crippen LogP contribution >= 0.6 is 11.3 Å². The van der Waals surface area contributed by atoms with Gasteiger partial charge in [-0.25, -0.2) is 13.4 Å². The first-order chi connectivity index (χ1) is 13.9. The topological polar surface area (TPSA) is 79.4 Å². The lowest BCUT2D eigenvalue weighted by atomic mass is 9.99. The Morgan fingerprint density at radius 2 is 2.03 bits per heavy atom. The van der Waals surface area contributed by atoms with E-state index < -0.39 is 10.0 Å². The van der Waals surface area contributed by atoms with E-state index in [1.54, 1.807) is 11.3 Å². The summed E-state index contributed by atoms with van der Waals surface area (Å²) in [7, 11) is -3.21. The first kappa shape index (κ1) is 20.0. The lowest BCUT2D eigenvalue weighted by molar-refractivity contribution is -0.116. The molecule has 1 amide bonds. The standard InChI is InChI=1S/C21H23N3O3S2/c1-29(26,27)24-13-12-16-15(14-24)6-4-8-17(16)22-20(25)10-5-11-21-23-18-7-2-3-9-19(18)28-21/h2-4,6-9H,5,10-14H2,1H3,(H,22,25). The summed E-state index contributed by atoms with van der Waals surface area (Å²) in [5.74, 6) is -0.0231. The zero-order chi connectivity index (χ0) is 20.4. The van der Waals surface area contributed by atoms with Gasteiger partial charge in [0.2, 0.25) is 15.9 Å². The fraction of sp³-hybridized carbons (Fsp3) is 0.333. The van der Waals surface area contributed by atoms with Crippen molar-refractivity contribution in [1.82, 2.24) is 9.29 Å². The molecule has 0 fully saturated rings. The van der Waals surface area contributed by atoms with Crippen LogP contribution in [-0.4, -0.2) is 36.4 Å². The molecule has 8 heteroatoms. The third-order valence-corrected chi connectivity index (χ3v) is 7.45. The molecule has 4 rings (SSSR count). The second-order valence-corrected chi connectivity index (χ2v) is 10.4. The highest BCUT2D eigenvalue weighted by Crippen LogP contribution is 2.28. The Balaban J connectivity index is 1.35. The molecule has 29 heavy (non-hydrogen) atoms. The number of hydrogen-bond donors (Lipinski definition) is 1. The van der Waals surface area contributed by atoms with Crippen LogP contribution < -0.4 is 5.32 Å². The summed E-state index contributed by atoms with van der Waals surface area (Å²) >= 11 is 1.68. The SMILES string of the molecule is CS(=O)(=O)N1CCc2c(cccc2NC(=O)CCCc2nc3ccccc3s2)C1. The quantitative estimate of drug-likeness (QED) is 0.650. The van der Waals surface area contributed by atoms with Crippen LogP contribution in [0.3, 0.4) is 0 Å². The van der Waals surface area contributed by atoms with E-state index >= 15 is 0 Å². The summed E-state index contributed by atoms with van der Waals surface area (Å²) in [6.45, 7) is 0.797. The van der Waals surface area contributed by atoms with Gasteiger partial charge in [-0.05, 0) is 48.6 Å². The van der Waals surface area contributed by atoms with Crippen LogP contribution in [0.25, 0.3) is 10.2 Å². The highest BCUT2D eigenvalue weighted by atomic mass is 32.2. The van der Waals surface area contributed by atoms with Gasteiger partial charge in [-0.1, -0.05) is 24.3 Å². The number of amides is 1. The van der Waals surface area contributed by atoms with Gasteiger partial charge in [-0.15, -0.1) is 11.3 Å². The summed E-state index contributed by atoms with van der Waals surface area (Å²) in [5.41, 5.74) is 3.79. The van der Waals surface area contributed by atoms with Gasteiger partial charge in [0, 0.05) is 25.2 Å². The molecule has 1 aromatic heterocycles. The second-order valence-electron chi connectivity index (χ2n) is 7.27. The van der Waals surface area contributed by atoms with E-state index in [2.05, 4.69) is 16.4 Å². The van der Waals surface area contributed by atoms with Crippen LogP contribution in [0, 0.1) is 0 Å². The first-order valence-electron chi connectivity index (χ1n) is 9.60.